The third kappa shape index (κ3) is 6.62. The number of nitrogens with one attached hydrogen (secondary N) is 1. The van der Waals surface area contributed by atoms with Gasteiger partial charge in [-0.25, -0.2) is 0 Å². The summed E-state index contributed by atoms with van der Waals surface area (Å²) in [4.78, 5) is 12.4. The molecule has 0 aromatic heterocycles. The van der Waals surface area contributed by atoms with E-state index in [4.69, 9.17) is 9.47 Å². The number of carbonyl (C=O) groups excluding carboxylic acids is 1. The van der Waals surface area contributed by atoms with Gasteiger partial charge in [0.1, 0.15) is 18.2 Å². The Balaban J connectivity index is 1.70. The standard InChI is InChI=1S/C26H21F3N2O3/c1-33-24-14-19(12-21(15-30)25(32)31-16-18-6-3-2-4-7-18)10-11-23(24)34-17-20-8-5-9-22(13-20)26(27,28)29/h2-14H,16-17H2,1H3,(H,31,32)/b21-12+. The van der Waals surface area contributed by atoms with Gasteiger partial charge < -0.3 is 14.8 Å². The van der Waals surface area contributed by atoms with Crippen molar-refractivity contribution < 1.29 is 27.4 Å². The molecule has 8 heteroatoms. The minimum Gasteiger partial charge on any atom is -0.493 e. The first kappa shape index (κ1) is 24.4. The normalized spacial score (nSPS) is 11.4. The Morgan fingerprint density at radius 2 is 1.74 bits per heavy atom. The lowest BCUT2D eigenvalue weighted by Crippen LogP contribution is -2.23. The summed E-state index contributed by atoms with van der Waals surface area (Å²) in [5, 5.41) is 12.1. The Hall–Kier alpha value is -4.25. The van der Waals surface area contributed by atoms with Crippen molar-refractivity contribution >= 4 is 12.0 Å². The number of halogens is 3. The summed E-state index contributed by atoms with van der Waals surface area (Å²) in [5.74, 6) is 0.0991. The van der Waals surface area contributed by atoms with Crippen LogP contribution in [0.5, 0.6) is 11.5 Å². The second kappa shape index (κ2) is 11.1. The SMILES string of the molecule is COc1cc(/C=C(\C#N)C(=O)NCc2ccccc2)ccc1OCc1cccc(C(F)(F)F)c1. The lowest BCUT2D eigenvalue weighted by molar-refractivity contribution is -0.137. The predicted molar refractivity (Wildman–Crippen MR) is 121 cm³/mol. The van der Waals surface area contributed by atoms with Crippen LogP contribution >= 0.6 is 0 Å². The second-order valence-electron chi connectivity index (χ2n) is 7.24. The van der Waals surface area contributed by atoms with Crippen LogP contribution in [0.4, 0.5) is 13.2 Å². The van der Waals surface area contributed by atoms with Crippen molar-refractivity contribution in [3.63, 3.8) is 0 Å². The summed E-state index contributed by atoms with van der Waals surface area (Å²) >= 11 is 0. The summed E-state index contributed by atoms with van der Waals surface area (Å²) in [6.45, 7) is 0.186. The van der Waals surface area contributed by atoms with Gasteiger partial charge in [0.05, 0.1) is 12.7 Å². The smallest absolute Gasteiger partial charge is 0.416 e. The molecule has 0 radical (unpaired) electrons. The van der Waals surface area contributed by atoms with Crippen LogP contribution < -0.4 is 14.8 Å². The van der Waals surface area contributed by atoms with Crippen LogP contribution in [0.15, 0.2) is 78.4 Å². The van der Waals surface area contributed by atoms with E-state index in [0.717, 1.165) is 17.7 Å². The molecule has 0 saturated carbocycles. The highest BCUT2D eigenvalue weighted by Gasteiger charge is 2.30. The maximum Gasteiger partial charge on any atom is 0.416 e. The quantitative estimate of drug-likeness (QED) is 0.351. The monoisotopic (exact) mass is 466 g/mol. The number of amides is 1. The van der Waals surface area contributed by atoms with Crippen molar-refractivity contribution in [3.8, 4) is 17.6 Å². The van der Waals surface area contributed by atoms with Crippen molar-refractivity contribution in [1.29, 1.82) is 5.26 Å². The Bertz CT molecular complexity index is 1220. The minimum atomic E-state index is -4.44. The highest BCUT2D eigenvalue weighted by atomic mass is 19.4. The fourth-order valence-electron chi connectivity index (χ4n) is 3.08. The molecule has 0 aliphatic heterocycles. The molecule has 0 aliphatic rings. The number of hydrogen-bond acceptors (Lipinski definition) is 4. The van der Waals surface area contributed by atoms with Gasteiger partial charge >= 0.3 is 6.18 Å². The molecule has 0 fully saturated rings. The molecule has 0 bridgehead atoms. The molecule has 0 aliphatic carbocycles. The van der Waals surface area contributed by atoms with Crippen LogP contribution in [0.2, 0.25) is 0 Å². The number of hydrogen-bond donors (Lipinski definition) is 1. The third-order valence-electron chi connectivity index (χ3n) is 4.81. The molecule has 3 rings (SSSR count). The van der Waals surface area contributed by atoms with E-state index >= 15 is 0 Å². The molecule has 1 N–H and O–H groups in total. The highest BCUT2D eigenvalue weighted by Crippen LogP contribution is 2.32. The molecule has 5 nitrogen and oxygen atoms in total. The maximum atomic E-state index is 12.9. The van der Waals surface area contributed by atoms with Crippen molar-refractivity contribution in [1.82, 2.24) is 5.32 Å². The Kier molecular flexibility index (Phi) is 7.93. The largest absolute Gasteiger partial charge is 0.493 e. The first-order chi connectivity index (χ1) is 16.3. The van der Waals surface area contributed by atoms with Crippen LogP contribution in [0.3, 0.4) is 0 Å². The molecule has 0 atom stereocenters. The van der Waals surface area contributed by atoms with E-state index < -0.39 is 17.6 Å². The fourth-order valence-corrected chi connectivity index (χ4v) is 3.08. The Labute approximate surface area is 195 Å². The topological polar surface area (TPSA) is 71.3 Å². The average molecular weight is 466 g/mol. The van der Waals surface area contributed by atoms with Crippen LogP contribution in [0.25, 0.3) is 6.08 Å². The zero-order chi connectivity index (χ0) is 24.6. The number of benzene rings is 3. The van der Waals surface area contributed by atoms with E-state index in [1.54, 1.807) is 18.2 Å². The average Bonchev–Trinajstić information content (AvgIpc) is 2.85. The number of nitrogens with zero attached hydrogens (tertiary/aromatic N) is 1. The van der Waals surface area contributed by atoms with Crippen molar-refractivity contribution in [3.05, 3.63) is 101 Å². The van der Waals surface area contributed by atoms with Gasteiger partial charge in [-0.15, -0.1) is 0 Å². The number of alkyl halides is 3. The molecule has 34 heavy (non-hydrogen) atoms. The number of methoxy groups -OCH3 is 1. The van der Waals surface area contributed by atoms with Gasteiger partial charge in [0.15, 0.2) is 11.5 Å². The summed E-state index contributed by atoms with van der Waals surface area (Å²) in [6, 6.07) is 20.8. The zero-order valence-corrected chi connectivity index (χ0v) is 18.2. The van der Waals surface area contributed by atoms with Gasteiger partial charge in [-0.1, -0.05) is 48.5 Å². The molecular weight excluding hydrogens is 445 g/mol. The second-order valence-corrected chi connectivity index (χ2v) is 7.24. The molecule has 0 heterocycles. The van der Waals surface area contributed by atoms with E-state index in [-0.39, 0.29) is 18.7 Å². The van der Waals surface area contributed by atoms with E-state index in [2.05, 4.69) is 5.32 Å². The predicted octanol–water partition coefficient (Wildman–Crippen LogP) is 5.52. The molecule has 3 aromatic carbocycles. The summed E-state index contributed by atoms with van der Waals surface area (Å²) in [5.41, 5.74) is 0.931. The Morgan fingerprint density at radius 3 is 2.41 bits per heavy atom. The van der Waals surface area contributed by atoms with E-state index in [0.29, 0.717) is 22.6 Å². The molecule has 0 unspecified atom stereocenters. The van der Waals surface area contributed by atoms with Crippen molar-refractivity contribution in [2.24, 2.45) is 0 Å². The third-order valence-corrected chi connectivity index (χ3v) is 4.81. The lowest BCUT2D eigenvalue weighted by atomic mass is 10.1. The van der Waals surface area contributed by atoms with Gasteiger partial charge in [-0.05, 0) is 47.0 Å². The van der Waals surface area contributed by atoms with Crippen LogP contribution in [-0.2, 0) is 24.1 Å². The number of nitriles is 1. The van der Waals surface area contributed by atoms with E-state index in [1.807, 2.05) is 36.4 Å². The number of ether oxygens (including phenoxy) is 2. The molecule has 0 spiro atoms. The maximum absolute atomic E-state index is 12.9. The summed E-state index contributed by atoms with van der Waals surface area (Å²) < 4.78 is 49.7. The van der Waals surface area contributed by atoms with Crippen molar-refractivity contribution in [2.45, 2.75) is 19.3 Å². The molecule has 0 saturated heterocycles. The highest BCUT2D eigenvalue weighted by molar-refractivity contribution is 6.01. The number of carbonyl (C=O) groups is 1. The van der Waals surface area contributed by atoms with Gasteiger partial charge in [-0.3, -0.25) is 4.79 Å². The van der Waals surface area contributed by atoms with Gasteiger partial charge in [0, 0.05) is 6.54 Å². The lowest BCUT2D eigenvalue weighted by Gasteiger charge is -2.13. The summed E-state index contributed by atoms with van der Waals surface area (Å²) in [6.07, 6.45) is -3.02. The first-order valence-corrected chi connectivity index (χ1v) is 10.2. The van der Waals surface area contributed by atoms with E-state index in [9.17, 15) is 23.2 Å². The Morgan fingerprint density at radius 1 is 1.00 bits per heavy atom. The number of rotatable bonds is 8. The molecule has 174 valence electrons. The molecular formula is C26H21F3N2O3. The van der Waals surface area contributed by atoms with Crippen LogP contribution in [-0.4, -0.2) is 13.0 Å². The van der Waals surface area contributed by atoms with Gasteiger partial charge in [0.2, 0.25) is 0 Å². The van der Waals surface area contributed by atoms with Crippen LogP contribution in [0.1, 0.15) is 22.3 Å². The van der Waals surface area contributed by atoms with Crippen molar-refractivity contribution in [2.75, 3.05) is 7.11 Å². The van der Waals surface area contributed by atoms with Gasteiger partial charge in [-0.2, -0.15) is 18.4 Å². The zero-order valence-electron chi connectivity index (χ0n) is 18.2. The first-order valence-electron chi connectivity index (χ1n) is 10.2. The fraction of sp³-hybridized carbons (Fsp3) is 0.154. The van der Waals surface area contributed by atoms with Crippen LogP contribution in [0, 0.1) is 11.3 Å². The molecule has 3 aromatic rings. The van der Waals surface area contributed by atoms with Gasteiger partial charge in [0.25, 0.3) is 5.91 Å². The minimum absolute atomic E-state index is 0.0874. The van der Waals surface area contributed by atoms with E-state index in [1.165, 1.54) is 25.3 Å². The molecule has 1 amide bonds. The summed E-state index contributed by atoms with van der Waals surface area (Å²) in [7, 11) is 1.41.